The van der Waals surface area contributed by atoms with Gasteiger partial charge in [0.1, 0.15) is 12.8 Å². The van der Waals surface area contributed by atoms with Gasteiger partial charge in [-0.25, -0.2) is 9.78 Å². The molecule has 1 aromatic carbocycles. The van der Waals surface area contributed by atoms with E-state index in [-0.39, 0.29) is 23.7 Å². The lowest BCUT2D eigenvalue weighted by atomic mass is 9.70. The van der Waals surface area contributed by atoms with Gasteiger partial charge in [-0.15, -0.1) is 0 Å². The van der Waals surface area contributed by atoms with Gasteiger partial charge in [0.05, 0.1) is 12.6 Å². The third kappa shape index (κ3) is 7.11. The summed E-state index contributed by atoms with van der Waals surface area (Å²) in [6.45, 7) is 15.2. The first-order valence-corrected chi connectivity index (χ1v) is 19.8. The van der Waals surface area contributed by atoms with Crippen molar-refractivity contribution in [1.82, 2.24) is 14.5 Å². The average molecular weight is 650 g/mol. The summed E-state index contributed by atoms with van der Waals surface area (Å²) >= 11 is 0. The number of methoxy groups -OCH3 is 1. The molecule has 6 unspecified atom stereocenters. The van der Waals surface area contributed by atoms with Gasteiger partial charge in [0.2, 0.25) is 5.82 Å². The zero-order valence-corrected chi connectivity index (χ0v) is 29.5. The Morgan fingerprint density at radius 1 is 1.22 bits per heavy atom. The Balaban J connectivity index is 1.54. The van der Waals surface area contributed by atoms with Crippen molar-refractivity contribution in [2.24, 2.45) is 5.41 Å². The maximum absolute atomic E-state index is 13.9. The fourth-order valence-electron chi connectivity index (χ4n) is 6.68. The zero-order valence-electron chi connectivity index (χ0n) is 32.5. The van der Waals surface area contributed by atoms with Gasteiger partial charge in [-0.3, -0.25) is 9.69 Å². The Morgan fingerprint density at radius 3 is 2.63 bits per heavy atom. The van der Waals surface area contributed by atoms with Crippen molar-refractivity contribution in [2.45, 2.75) is 122 Å². The highest BCUT2D eigenvalue weighted by Crippen LogP contribution is 2.52. The first kappa shape index (κ1) is 28.8. The van der Waals surface area contributed by atoms with Crippen LogP contribution in [0.4, 0.5) is 10.5 Å². The van der Waals surface area contributed by atoms with Crippen molar-refractivity contribution in [3.05, 3.63) is 53.1 Å². The molecule has 3 heterocycles. The Labute approximate surface area is 281 Å². The number of nitrogens with one attached hydrogen (secondary N) is 1. The van der Waals surface area contributed by atoms with Crippen molar-refractivity contribution in [3.8, 4) is 6.07 Å². The summed E-state index contributed by atoms with van der Waals surface area (Å²) in [5.41, 5.74) is 0.303. The molecule has 3 aliphatic rings. The lowest BCUT2D eigenvalue weighted by Crippen LogP contribution is -2.56. The lowest BCUT2D eigenvalue weighted by Gasteiger charge is -2.46. The third-order valence-electron chi connectivity index (χ3n) is 9.42. The van der Waals surface area contributed by atoms with Gasteiger partial charge in [0.15, 0.2) is 5.69 Å². The minimum atomic E-state index is -1.35. The first-order valence-electron chi connectivity index (χ1n) is 18.3. The molecule has 5 rings (SSSR count). The van der Waals surface area contributed by atoms with Gasteiger partial charge in [-0.2, -0.15) is 5.26 Å². The molecule has 46 heavy (non-hydrogen) atoms. The monoisotopic (exact) mass is 649 g/mol. The molecule has 10 heteroatoms. The van der Waals surface area contributed by atoms with Crippen molar-refractivity contribution in [2.75, 3.05) is 19.0 Å². The molecule has 1 N–H and O–H groups in total. The van der Waals surface area contributed by atoms with Gasteiger partial charge in [0.25, 0.3) is 5.91 Å². The number of amides is 2. The molecular weight excluding hydrogens is 595 g/mol. The molecule has 248 valence electrons. The summed E-state index contributed by atoms with van der Waals surface area (Å²) in [6, 6.07) is 8.39. The molecule has 1 saturated heterocycles. The van der Waals surface area contributed by atoms with Crippen LogP contribution in [0.3, 0.4) is 0 Å². The molecule has 2 bridgehead atoms. The summed E-state index contributed by atoms with van der Waals surface area (Å²) in [5, 5.41) is 12.5. The highest BCUT2D eigenvalue weighted by atomic mass is 28.3. The summed E-state index contributed by atoms with van der Waals surface area (Å²) in [4.78, 5) is 32.6. The second kappa shape index (κ2) is 12.6. The van der Waals surface area contributed by atoms with Crippen LogP contribution in [0, 0.1) is 16.7 Å². The van der Waals surface area contributed by atoms with Gasteiger partial charge in [-0.1, -0.05) is 45.6 Å². The van der Waals surface area contributed by atoms with E-state index in [1.165, 1.54) is 22.8 Å². The highest BCUT2D eigenvalue weighted by molar-refractivity contribution is 6.76. The molecule has 0 spiro atoms. The van der Waals surface area contributed by atoms with Crippen LogP contribution in [0.25, 0.3) is 5.57 Å². The lowest BCUT2D eigenvalue weighted by molar-refractivity contribution is 0.0551. The van der Waals surface area contributed by atoms with Crippen LogP contribution in [-0.4, -0.2) is 59.3 Å². The summed E-state index contributed by atoms with van der Waals surface area (Å²) in [5.74, 6) is -1.90. The molecule has 2 fully saturated rings. The van der Waals surface area contributed by atoms with Crippen LogP contribution < -0.4 is 5.32 Å². The number of nitrogens with zero attached hydrogens (tertiary/aromatic N) is 4. The Morgan fingerprint density at radius 2 is 1.98 bits per heavy atom. The SMILES string of the molecule is [2H]C1CC(C)(C)CCC1([2H])c1cc(C2=CC3(C)C([2H])C([2H])C(C)(C2)N3C(=O)OC)ccc1NC(=O)c1nc(C#N)cn1COCC[Si](C)(C)C. The molecule has 2 aromatic rings. The van der Waals surface area contributed by atoms with Crippen molar-refractivity contribution < 1.29 is 24.5 Å². The average Bonchev–Trinajstić information content (AvgIpc) is 3.49. The van der Waals surface area contributed by atoms with Crippen LogP contribution >= 0.6 is 0 Å². The largest absolute Gasteiger partial charge is 0.453 e. The predicted molar refractivity (Wildman–Crippen MR) is 183 cm³/mol. The molecule has 1 aliphatic carbocycles. The van der Waals surface area contributed by atoms with E-state index < -0.39 is 56.2 Å². The molecule has 1 saturated carbocycles. The summed E-state index contributed by atoms with van der Waals surface area (Å²) < 4.78 is 49.3. The number of carbonyl (C=O) groups is 2. The Bertz CT molecular complexity index is 1740. The van der Waals surface area contributed by atoms with E-state index >= 15 is 0 Å². The Kier molecular flexibility index (Phi) is 7.91. The number of aromatic nitrogens is 2. The fourth-order valence-corrected chi connectivity index (χ4v) is 7.44. The van der Waals surface area contributed by atoms with Gasteiger partial charge in [-0.05, 0) is 105 Å². The number of anilines is 1. The van der Waals surface area contributed by atoms with Crippen LogP contribution in [0.15, 0.2) is 30.5 Å². The van der Waals surface area contributed by atoms with Crippen molar-refractivity contribution in [3.63, 3.8) is 0 Å². The number of nitriles is 1. The van der Waals surface area contributed by atoms with Crippen LogP contribution in [0.5, 0.6) is 0 Å². The second-order valence-corrected chi connectivity index (χ2v) is 20.9. The molecule has 0 radical (unpaired) electrons. The van der Waals surface area contributed by atoms with E-state index in [1.54, 1.807) is 13.0 Å². The minimum absolute atomic E-state index is 0.00843. The van der Waals surface area contributed by atoms with Crippen molar-refractivity contribution >= 4 is 31.3 Å². The first-order chi connectivity index (χ1) is 23.2. The zero-order chi connectivity index (χ0) is 37.0. The number of hydrogen-bond donors (Lipinski definition) is 1. The van der Waals surface area contributed by atoms with E-state index in [0.29, 0.717) is 37.1 Å². The smallest absolute Gasteiger partial charge is 0.410 e. The van der Waals surface area contributed by atoms with E-state index in [0.717, 1.165) is 23.6 Å². The van der Waals surface area contributed by atoms with Gasteiger partial charge < -0.3 is 19.4 Å². The minimum Gasteiger partial charge on any atom is -0.453 e. The van der Waals surface area contributed by atoms with Crippen LogP contribution in [-0.2, 0) is 16.2 Å². The van der Waals surface area contributed by atoms with Gasteiger partial charge >= 0.3 is 6.09 Å². The molecule has 6 atom stereocenters. The quantitative estimate of drug-likeness (QED) is 0.217. The summed E-state index contributed by atoms with van der Waals surface area (Å²) in [7, 11) is -0.0337. The van der Waals surface area contributed by atoms with E-state index in [2.05, 4.69) is 43.8 Å². The second-order valence-electron chi connectivity index (χ2n) is 15.3. The van der Waals surface area contributed by atoms with E-state index in [1.807, 2.05) is 31.2 Å². The number of ether oxygens (including phenoxy) is 2. The normalized spacial score (nSPS) is 33.2. The summed E-state index contributed by atoms with van der Waals surface area (Å²) in [6.07, 6.45) is 2.14. The van der Waals surface area contributed by atoms with Crippen LogP contribution in [0.2, 0.25) is 25.7 Å². The van der Waals surface area contributed by atoms with E-state index in [9.17, 15) is 17.6 Å². The number of carbonyl (C=O) groups excluding carboxylic acids is 2. The van der Waals surface area contributed by atoms with Gasteiger partial charge in [0, 0.05) is 37.6 Å². The van der Waals surface area contributed by atoms with Crippen molar-refractivity contribution in [1.29, 1.82) is 5.26 Å². The molecular formula is C36H51N5O4Si. The maximum Gasteiger partial charge on any atom is 0.410 e. The topological polar surface area (TPSA) is 109 Å². The van der Waals surface area contributed by atoms with E-state index in [4.69, 9.17) is 12.2 Å². The molecule has 2 amide bonds. The fraction of sp³-hybridized carbons (Fsp3) is 0.611. The molecule has 9 nitrogen and oxygen atoms in total. The number of rotatable bonds is 9. The van der Waals surface area contributed by atoms with Crippen LogP contribution in [0.1, 0.15) is 111 Å². The number of hydrogen-bond acceptors (Lipinski definition) is 6. The highest BCUT2D eigenvalue weighted by Gasteiger charge is 2.55. The predicted octanol–water partition coefficient (Wildman–Crippen LogP) is 8.17. The maximum atomic E-state index is 13.9. The molecule has 2 aliphatic heterocycles. The number of benzene rings is 1. The molecule has 1 aromatic heterocycles. The standard InChI is InChI=1S/C36H51N5O4Si/c1-34(2)13-11-25(12-14-34)29-19-26(27-20-35(3)15-16-36(4,21-27)41(35)33(43)44-5)9-10-30(29)39-32(42)31-38-28(22-37)23-40(31)24-45-17-18-46(6,7)8/h9-10,19-20,23,25H,11-18,21,24H2,1-8H3,(H,39,42)/i11D,15D,16D,25D. The number of imidazole rings is 1. The third-order valence-corrected chi connectivity index (χ3v) is 11.1. The number of fused-ring (bicyclic) bond motifs is 2. The Hall–Kier alpha value is -3.42.